The molecule has 0 saturated carbocycles. The summed E-state index contributed by atoms with van der Waals surface area (Å²) in [5, 5.41) is 12.4. The zero-order valence-electron chi connectivity index (χ0n) is 10.3. The first-order valence-electron chi connectivity index (χ1n) is 5.38. The molecule has 0 saturated heterocycles. The van der Waals surface area contributed by atoms with Crippen LogP contribution in [0.4, 0.5) is 13.2 Å². The summed E-state index contributed by atoms with van der Waals surface area (Å²) in [4.78, 5) is 3.79. The number of hydrogen-bond donors (Lipinski definition) is 1. The lowest BCUT2D eigenvalue weighted by atomic mass is 10.1. The van der Waals surface area contributed by atoms with Gasteiger partial charge in [0.15, 0.2) is 6.10 Å². The van der Waals surface area contributed by atoms with Gasteiger partial charge in [0.1, 0.15) is 5.60 Å². The van der Waals surface area contributed by atoms with Crippen LogP contribution < -0.4 is 0 Å². The van der Waals surface area contributed by atoms with E-state index in [1.165, 1.54) is 0 Å². The zero-order chi connectivity index (χ0) is 14.0. The van der Waals surface area contributed by atoms with E-state index in [2.05, 4.69) is 14.7 Å². The molecule has 0 spiro atoms. The van der Waals surface area contributed by atoms with Crippen molar-refractivity contribution in [1.82, 2.24) is 10.1 Å². The molecule has 0 amide bonds. The Balaban J connectivity index is 2.75. The Morgan fingerprint density at radius 1 is 1.39 bits per heavy atom. The van der Waals surface area contributed by atoms with Gasteiger partial charge in [-0.3, -0.25) is 0 Å². The van der Waals surface area contributed by atoms with Crippen LogP contribution in [-0.4, -0.2) is 34.1 Å². The minimum absolute atomic E-state index is 0.147. The Bertz CT molecular complexity index is 390. The fraction of sp³-hybridized carbons (Fsp3) is 0.800. The number of hydrogen-bond acceptors (Lipinski definition) is 5. The van der Waals surface area contributed by atoms with Crippen molar-refractivity contribution in [3.63, 3.8) is 0 Å². The summed E-state index contributed by atoms with van der Waals surface area (Å²) in [6.45, 7) is 5.52. The van der Waals surface area contributed by atoms with Crippen LogP contribution in [0.5, 0.6) is 0 Å². The average Bonchev–Trinajstić information content (AvgIpc) is 2.65. The molecule has 1 N–H and O–H groups in total. The maximum atomic E-state index is 12.1. The molecule has 1 rings (SSSR count). The van der Waals surface area contributed by atoms with Crippen molar-refractivity contribution < 1.29 is 27.5 Å². The molecule has 0 bridgehead atoms. The summed E-state index contributed by atoms with van der Waals surface area (Å²) in [5.74, 6) is -0.128. The van der Waals surface area contributed by atoms with Gasteiger partial charge in [0.05, 0.1) is 6.42 Å². The van der Waals surface area contributed by atoms with E-state index in [0.717, 1.165) is 0 Å². The number of aliphatic hydroxyl groups excluding tert-OH is 1. The molecule has 0 radical (unpaired) electrons. The number of ether oxygens (including phenoxy) is 1. The Kier molecular flexibility index (Phi) is 4.33. The number of halogens is 3. The molecule has 0 aliphatic carbocycles. The predicted molar refractivity (Wildman–Crippen MR) is 54.7 cm³/mol. The third-order valence-corrected chi connectivity index (χ3v) is 2.26. The van der Waals surface area contributed by atoms with Crippen LogP contribution in [0.2, 0.25) is 0 Å². The van der Waals surface area contributed by atoms with Gasteiger partial charge in [-0.2, -0.15) is 18.2 Å². The van der Waals surface area contributed by atoms with Crippen LogP contribution in [0.25, 0.3) is 0 Å². The molecular formula is C10H15F3N2O3. The molecule has 5 nitrogen and oxygen atoms in total. The normalized spacial score (nSPS) is 14.8. The lowest BCUT2D eigenvalue weighted by molar-refractivity contribution is -0.204. The van der Waals surface area contributed by atoms with Gasteiger partial charge in [-0.15, -0.1) is 0 Å². The van der Waals surface area contributed by atoms with Crippen molar-refractivity contribution in [3.8, 4) is 0 Å². The highest BCUT2D eigenvalue weighted by atomic mass is 19.4. The highest BCUT2D eigenvalue weighted by Gasteiger charge is 2.39. The maximum Gasteiger partial charge on any atom is 0.414 e. The van der Waals surface area contributed by atoms with E-state index in [-0.39, 0.29) is 11.7 Å². The quantitative estimate of drug-likeness (QED) is 0.882. The molecule has 0 aliphatic heterocycles. The Morgan fingerprint density at radius 2 is 2.00 bits per heavy atom. The monoisotopic (exact) mass is 268 g/mol. The van der Waals surface area contributed by atoms with Crippen molar-refractivity contribution in [2.45, 2.75) is 45.1 Å². The Labute approximate surface area is 102 Å². The van der Waals surface area contributed by atoms with Crippen LogP contribution in [0.15, 0.2) is 4.52 Å². The van der Waals surface area contributed by atoms with E-state index in [9.17, 15) is 13.2 Å². The van der Waals surface area contributed by atoms with Crippen LogP contribution in [-0.2, 0) is 16.8 Å². The highest BCUT2D eigenvalue weighted by molar-refractivity contribution is 4.98. The van der Waals surface area contributed by atoms with Crippen molar-refractivity contribution >= 4 is 0 Å². The first kappa shape index (κ1) is 14.9. The van der Waals surface area contributed by atoms with Crippen molar-refractivity contribution in [2.24, 2.45) is 0 Å². The molecule has 1 aromatic rings. The van der Waals surface area contributed by atoms with E-state index >= 15 is 0 Å². The Morgan fingerprint density at radius 3 is 2.50 bits per heavy atom. The number of aliphatic hydroxyl groups is 1. The second kappa shape index (κ2) is 5.23. The molecule has 1 aromatic heterocycles. The fourth-order valence-electron chi connectivity index (χ4n) is 1.29. The highest BCUT2D eigenvalue weighted by Crippen LogP contribution is 2.25. The second-order valence-electron chi connectivity index (χ2n) is 4.22. The summed E-state index contributed by atoms with van der Waals surface area (Å²) in [5.41, 5.74) is -0.848. The summed E-state index contributed by atoms with van der Waals surface area (Å²) in [6.07, 6.45) is -7.98. The summed E-state index contributed by atoms with van der Waals surface area (Å²) < 4.78 is 46.4. The van der Waals surface area contributed by atoms with Gasteiger partial charge in [-0.05, 0) is 20.8 Å². The number of rotatable bonds is 5. The molecule has 1 heterocycles. The molecule has 8 heteroatoms. The molecular weight excluding hydrogens is 253 g/mol. The first-order valence-corrected chi connectivity index (χ1v) is 5.38. The molecule has 18 heavy (non-hydrogen) atoms. The van der Waals surface area contributed by atoms with Crippen LogP contribution >= 0.6 is 0 Å². The van der Waals surface area contributed by atoms with Gasteiger partial charge >= 0.3 is 6.18 Å². The van der Waals surface area contributed by atoms with Crippen molar-refractivity contribution in [2.75, 3.05) is 6.61 Å². The van der Waals surface area contributed by atoms with Crippen LogP contribution in [0.3, 0.4) is 0 Å². The van der Waals surface area contributed by atoms with Gasteiger partial charge in [0.2, 0.25) is 11.7 Å². The van der Waals surface area contributed by atoms with E-state index in [4.69, 9.17) is 9.84 Å². The van der Waals surface area contributed by atoms with Crippen LogP contribution in [0.1, 0.15) is 32.5 Å². The minimum atomic E-state index is -4.70. The summed E-state index contributed by atoms with van der Waals surface area (Å²) >= 11 is 0. The fourth-order valence-corrected chi connectivity index (χ4v) is 1.29. The maximum absolute atomic E-state index is 12.1. The van der Waals surface area contributed by atoms with E-state index < -0.39 is 24.3 Å². The SMILES string of the molecule is CCOC(C)(C)c1noc(CC(O)C(F)(F)F)n1. The second-order valence-corrected chi connectivity index (χ2v) is 4.22. The number of alkyl halides is 3. The Hall–Kier alpha value is -1.15. The average molecular weight is 268 g/mol. The molecule has 0 fully saturated rings. The topological polar surface area (TPSA) is 68.4 Å². The van der Waals surface area contributed by atoms with Crippen LogP contribution in [0, 0.1) is 0 Å². The number of aromatic nitrogens is 2. The van der Waals surface area contributed by atoms with Gasteiger partial charge in [-0.25, -0.2) is 0 Å². The molecule has 1 atom stereocenters. The van der Waals surface area contributed by atoms with Crippen molar-refractivity contribution in [3.05, 3.63) is 11.7 Å². The third-order valence-electron chi connectivity index (χ3n) is 2.26. The molecule has 0 aromatic carbocycles. The van der Waals surface area contributed by atoms with Gasteiger partial charge < -0.3 is 14.4 Å². The zero-order valence-corrected chi connectivity index (χ0v) is 10.3. The van der Waals surface area contributed by atoms with Gasteiger partial charge in [-0.1, -0.05) is 5.16 Å². The summed E-state index contributed by atoms with van der Waals surface area (Å²) in [6, 6.07) is 0. The largest absolute Gasteiger partial charge is 0.414 e. The lowest BCUT2D eigenvalue weighted by Crippen LogP contribution is -2.30. The molecule has 0 aliphatic rings. The van der Waals surface area contributed by atoms with Crippen molar-refractivity contribution in [1.29, 1.82) is 0 Å². The summed E-state index contributed by atoms with van der Waals surface area (Å²) in [7, 11) is 0. The number of nitrogens with zero attached hydrogens (tertiary/aromatic N) is 2. The predicted octanol–water partition coefficient (Wildman–Crippen LogP) is 1.81. The van der Waals surface area contributed by atoms with E-state index in [0.29, 0.717) is 6.61 Å². The van der Waals surface area contributed by atoms with E-state index in [1.807, 2.05) is 0 Å². The smallest absolute Gasteiger partial charge is 0.383 e. The third kappa shape index (κ3) is 3.67. The molecule has 104 valence electrons. The first-order chi connectivity index (χ1) is 8.16. The van der Waals surface area contributed by atoms with Gasteiger partial charge in [0, 0.05) is 6.61 Å². The molecule has 1 unspecified atom stereocenters. The lowest BCUT2D eigenvalue weighted by Gasteiger charge is -2.19. The minimum Gasteiger partial charge on any atom is -0.383 e. The van der Waals surface area contributed by atoms with E-state index in [1.54, 1.807) is 20.8 Å². The standard InChI is InChI=1S/C10H15F3N2O3/c1-4-17-9(2,3)8-14-7(18-15-8)5-6(16)10(11,12)13/h6,16H,4-5H2,1-3H3. The van der Waals surface area contributed by atoms with Gasteiger partial charge in [0.25, 0.3) is 0 Å².